The van der Waals surface area contributed by atoms with Crippen LogP contribution in [-0.2, 0) is 30.8 Å². The SMILES string of the molecule is CC(Cc1ccccc1)CS(=O)(=O)c1ccc(S(=O)(=O)CC2CCOCC2)cc1. The predicted octanol–water partition coefficient (Wildman–Crippen LogP) is 3.54. The maximum Gasteiger partial charge on any atom is 0.178 e. The molecule has 0 radical (unpaired) electrons. The van der Waals surface area contributed by atoms with Gasteiger partial charge in [0.15, 0.2) is 19.7 Å². The molecule has 2 aromatic rings. The smallest absolute Gasteiger partial charge is 0.178 e. The van der Waals surface area contributed by atoms with E-state index in [2.05, 4.69) is 0 Å². The molecule has 0 spiro atoms. The van der Waals surface area contributed by atoms with Crippen molar-refractivity contribution in [1.29, 1.82) is 0 Å². The Hall–Kier alpha value is -1.70. The minimum absolute atomic E-state index is 0.0239. The Morgan fingerprint density at radius 3 is 2.00 bits per heavy atom. The van der Waals surface area contributed by atoms with Gasteiger partial charge < -0.3 is 4.74 Å². The molecule has 0 aliphatic carbocycles. The van der Waals surface area contributed by atoms with Crippen LogP contribution in [0.1, 0.15) is 25.3 Å². The third-order valence-electron chi connectivity index (χ3n) is 5.27. The first kappa shape index (κ1) is 22.0. The number of benzene rings is 2. The van der Waals surface area contributed by atoms with E-state index in [1.54, 1.807) is 0 Å². The zero-order valence-corrected chi connectivity index (χ0v) is 18.3. The summed E-state index contributed by atoms with van der Waals surface area (Å²) in [5.41, 5.74) is 1.10. The molecule has 29 heavy (non-hydrogen) atoms. The van der Waals surface area contributed by atoms with Gasteiger partial charge in [-0.2, -0.15) is 0 Å². The summed E-state index contributed by atoms with van der Waals surface area (Å²) in [6, 6.07) is 15.5. The molecule has 0 bridgehead atoms. The van der Waals surface area contributed by atoms with Gasteiger partial charge in [-0.05, 0) is 60.9 Å². The highest BCUT2D eigenvalue weighted by atomic mass is 32.2. The van der Waals surface area contributed by atoms with Gasteiger partial charge in [0.2, 0.25) is 0 Å². The van der Waals surface area contributed by atoms with E-state index in [0.717, 1.165) is 18.4 Å². The quantitative estimate of drug-likeness (QED) is 0.633. The van der Waals surface area contributed by atoms with Crippen LogP contribution in [0.3, 0.4) is 0 Å². The van der Waals surface area contributed by atoms with E-state index < -0.39 is 19.7 Å². The Balaban J connectivity index is 1.66. The highest BCUT2D eigenvalue weighted by Crippen LogP contribution is 2.23. The topological polar surface area (TPSA) is 77.5 Å². The summed E-state index contributed by atoms with van der Waals surface area (Å²) in [6.45, 7) is 3.11. The van der Waals surface area contributed by atoms with Gasteiger partial charge in [-0.15, -0.1) is 0 Å². The lowest BCUT2D eigenvalue weighted by Gasteiger charge is -2.21. The number of hydrogen-bond acceptors (Lipinski definition) is 5. The Bertz CT molecular complexity index is 991. The highest BCUT2D eigenvalue weighted by molar-refractivity contribution is 7.91. The monoisotopic (exact) mass is 436 g/mol. The van der Waals surface area contributed by atoms with Crippen LogP contribution in [0.4, 0.5) is 0 Å². The Kier molecular flexibility index (Phi) is 7.14. The molecule has 1 fully saturated rings. The molecular weight excluding hydrogens is 408 g/mol. The van der Waals surface area contributed by atoms with Gasteiger partial charge in [0.05, 0.1) is 21.3 Å². The van der Waals surface area contributed by atoms with Gasteiger partial charge >= 0.3 is 0 Å². The fourth-order valence-electron chi connectivity index (χ4n) is 3.72. The van der Waals surface area contributed by atoms with Crippen molar-refractivity contribution in [3.05, 3.63) is 60.2 Å². The zero-order chi connectivity index (χ0) is 20.9. The van der Waals surface area contributed by atoms with Gasteiger partial charge in [-0.25, -0.2) is 16.8 Å². The first-order chi connectivity index (χ1) is 13.8. The van der Waals surface area contributed by atoms with Crippen LogP contribution in [0.5, 0.6) is 0 Å². The fourth-order valence-corrected chi connectivity index (χ4v) is 7.03. The van der Waals surface area contributed by atoms with E-state index in [1.807, 2.05) is 37.3 Å². The van der Waals surface area contributed by atoms with E-state index in [-0.39, 0.29) is 33.1 Å². The second-order valence-corrected chi connectivity index (χ2v) is 12.0. The van der Waals surface area contributed by atoms with Gasteiger partial charge in [-0.3, -0.25) is 0 Å². The fraction of sp³-hybridized carbons (Fsp3) is 0.455. The molecule has 3 rings (SSSR count). The van der Waals surface area contributed by atoms with Gasteiger partial charge in [0.25, 0.3) is 0 Å². The van der Waals surface area contributed by atoms with E-state index in [9.17, 15) is 16.8 Å². The van der Waals surface area contributed by atoms with Crippen molar-refractivity contribution in [3.63, 3.8) is 0 Å². The Labute approximate surface area is 173 Å². The van der Waals surface area contributed by atoms with Crippen LogP contribution in [0.25, 0.3) is 0 Å². The maximum absolute atomic E-state index is 12.7. The molecule has 7 heteroatoms. The third-order valence-corrected chi connectivity index (χ3v) is 9.17. The summed E-state index contributed by atoms with van der Waals surface area (Å²) in [5.74, 6) is 0.155. The predicted molar refractivity (Wildman–Crippen MR) is 113 cm³/mol. The third kappa shape index (κ3) is 6.14. The summed E-state index contributed by atoms with van der Waals surface area (Å²) in [5, 5.41) is 0. The van der Waals surface area contributed by atoms with E-state index >= 15 is 0 Å². The van der Waals surface area contributed by atoms with Crippen LogP contribution in [-0.4, -0.2) is 41.6 Å². The molecule has 1 unspecified atom stereocenters. The summed E-state index contributed by atoms with van der Waals surface area (Å²) in [7, 11) is -6.92. The van der Waals surface area contributed by atoms with Crippen molar-refractivity contribution in [2.24, 2.45) is 11.8 Å². The molecular formula is C22H28O5S2. The Morgan fingerprint density at radius 2 is 1.41 bits per heavy atom. The lowest BCUT2D eigenvalue weighted by molar-refractivity contribution is 0.0723. The largest absolute Gasteiger partial charge is 0.381 e. The lowest BCUT2D eigenvalue weighted by atomic mass is 10.0. The molecule has 0 N–H and O–H groups in total. The van der Waals surface area contributed by atoms with Crippen LogP contribution >= 0.6 is 0 Å². The van der Waals surface area contributed by atoms with E-state index in [0.29, 0.717) is 19.6 Å². The lowest BCUT2D eigenvalue weighted by Crippen LogP contribution is -2.23. The van der Waals surface area contributed by atoms with Gasteiger partial charge in [0.1, 0.15) is 0 Å². The molecule has 1 atom stereocenters. The second-order valence-electron chi connectivity index (χ2n) is 7.88. The summed E-state index contributed by atoms with van der Waals surface area (Å²) < 4.78 is 56.1. The zero-order valence-electron chi connectivity index (χ0n) is 16.7. The number of rotatable bonds is 8. The molecule has 2 aromatic carbocycles. The Morgan fingerprint density at radius 1 is 0.862 bits per heavy atom. The van der Waals surface area contributed by atoms with Crippen LogP contribution < -0.4 is 0 Å². The molecule has 0 saturated carbocycles. The summed E-state index contributed by atoms with van der Waals surface area (Å²) >= 11 is 0. The number of sulfone groups is 2. The van der Waals surface area contributed by atoms with Crippen LogP contribution in [0.15, 0.2) is 64.4 Å². The second kappa shape index (κ2) is 9.41. The van der Waals surface area contributed by atoms with E-state index in [1.165, 1.54) is 24.3 Å². The maximum atomic E-state index is 12.7. The molecule has 0 amide bonds. The summed E-state index contributed by atoms with van der Waals surface area (Å²) in [6.07, 6.45) is 2.16. The molecule has 1 heterocycles. The first-order valence-corrected chi connectivity index (χ1v) is 13.2. The first-order valence-electron chi connectivity index (χ1n) is 9.93. The highest BCUT2D eigenvalue weighted by Gasteiger charge is 2.24. The van der Waals surface area contributed by atoms with Crippen molar-refractivity contribution in [2.75, 3.05) is 24.7 Å². The molecule has 0 aromatic heterocycles. The van der Waals surface area contributed by atoms with Gasteiger partial charge in [0, 0.05) is 13.2 Å². The van der Waals surface area contributed by atoms with Crippen molar-refractivity contribution >= 4 is 19.7 Å². The van der Waals surface area contributed by atoms with Crippen LogP contribution in [0.2, 0.25) is 0 Å². The van der Waals surface area contributed by atoms with Crippen LogP contribution in [0, 0.1) is 11.8 Å². The van der Waals surface area contributed by atoms with E-state index in [4.69, 9.17) is 4.74 Å². The number of ether oxygens (including phenoxy) is 1. The van der Waals surface area contributed by atoms with Crippen molar-refractivity contribution in [1.82, 2.24) is 0 Å². The van der Waals surface area contributed by atoms with Crippen molar-refractivity contribution in [3.8, 4) is 0 Å². The molecule has 1 saturated heterocycles. The standard InChI is InChI=1S/C22H28O5S2/c1-18(15-19-5-3-2-4-6-19)16-28(23,24)21-7-9-22(10-8-21)29(25,26)17-20-11-13-27-14-12-20/h2-10,18,20H,11-17H2,1H3. The molecule has 1 aliphatic rings. The average molecular weight is 437 g/mol. The minimum atomic E-state index is -3.48. The molecule has 1 aliphatic heterocycles. The van der Waals surface area contributed by atoms with Gasteiger partial charge in [-0.1, -0.05) is 37.3 Å². The normalized spacial score (nSPS) is 17.1. The molecule has 158 valence electrons. The minimum Gasteiger partial charge on any atom is -0.381 e. The number of hydrogen-bond donors (Lipinski definition) is 0. The molecule has 5 nitrogen and oxygen atoms in total. The van der Waals surface area contributed by atoms with Crippen molar-refractivity contribution < 1.29 is 21.6 Å². The average Bonchev–Trinajstić information content (AvgIpc) is 2.69. The van der Waals surface area contributed by atoms with Crippen molar-refractivity contribution in [2.45, 2.75) is 36.0 Å². The summed E-state index contributed by atoms with van der Waals surface area (Å²) in [4.78, 5) is 0.350.